The number of rotatable bonds is 11. The van der Waals surface area contributed by atoms with Gasteiger partial charge in [-0.3, -0.25) is 0 Å². The van der Waals surface area contributed by atoms with E-state index < -0.39 is 20.0 Å². The highest BCUT2D eigenvalue weighted by Crippen LogP contribution is 2.31. The zero-order valence-electron chi connectivity index (χ0n) is 24.2. The molecule has 0 radical (unpaired) electrons. The number of primary sulfonamides is 1. The number of nitrogens with zero attached hydrogens (tertiary/aromatic N) is 2. The lowest BCUT2D eigenvalue weighted by Crippen LogP contribution is -2.25. The summed E-state index contributed by atoms with van der Waals surface area (Å²) in [6.07, 6.45) is 3.84. The summed E-state index contributed by atoms with van der Waals surface area (Å²) in [4.78, 5) is 4.43. The monoisotopic (exact) mass is 599 g/mol. The number of hydrogen-bond acceptors (Lipinski definition) is 7. The molecule has 9 nitrogen and oxygen atoms in total. The maximum atomic E-state index is 12.7. The molecule has 0 unspecified atom stereocenters. The van der Waals surface area contributed by atoms with E-state index in [-0.39, 0.29) is 4.90 Å². The second-order valence-corrected chi connectivity index (χ2v) is 13.5. The van der Waals surface area contributed by atoms with E-state index in [0.29, 0.717) is 23.4 Å². The van der Waals surface area contributed by atoms with Gasteiger partial charge in [0.05, 0.1) is 9.79 Å². The van der Waals surface area contributed by atoms with Crippen molar-refractivity contribution in [2.24, 2.45) is 10.9 Å². The molecule has 4 rings (SSSR count). The van der Waals surface area contributed by atoms with E-state index in [1.807, 2.05) is 80.5 Å². The van der Waals surface area contributed by atoms with Gasteiger partial charge in [-0.15, -0.1) is 0 Å². The molecule has 11 heteroatoms. The molecular weight excluding hydrogens is 558 g/mol. The SMILES string of the molecule is CN(C)c1cccc2c(S(=O)(=O)NCCCCCCN)cccc12.CN(C)c1cccc2c(S(N)(=O)=O)cccc12. The quantitative estimate of drug-likeness (QED) is 0.219. The minimum Gasteiger partial charge on any atom is -0.377 e. The molecule has 0 atom stereocenters. The van der Waals surface area contributed by atoms with Gasteiger partial charge in [-0.25, -0.2) is 26.7 Å². The predicted octanol–water partition coefficient (Wildman–Crippen LogP) is 4.26. The lowest BCUT2D eigenvalue weighted by atomic mass is 10.1. The number of anilines is 2. The Morgan fingerprint density at radius 2 is 1.05 bits per heavy atom. The Morgan fingerprint density at radius 1 is 0.610 bits per heavy atom. The maximum Gasteiger partial charge on any atom is 0.241 e. The largest absolute Gasteiger partial charge is 0.377 e. The van der Waals surface area contributed by atoms with Crippen LogP contribution in [0.5, 0.6) is 0 Å². The van der Waals surface area contributed by atoms with E-state index in [0.717, 1.165) is 53.2 Å². The van der Waals surface area contributed by atoms with Crippen molar-refractivity contribution in [3.63, 3.8) is 0 Å². The first kappa shape index (κ1) is 32.3. The van der Waals surface area contributed by atoms with Gasteiger partial charge in [0.15, 0.2) is 0 Å². The fraction of sp³-hybridized carbons (Fsp3) is 0.333. The summed E-state index contributed by atoms with van der Waals surface area (Å²) in [6, 6.07) is 21.8. The third-order valence-electron chi connectivity index (χ3n) is 6.70. The average molecular weight is 600 g/mol. The number of sulfonamides is 2. The molecule has 0 aliphatic carbocycles. The Hall–Kier alpha value is -3.22. The maximum absolute atomic E-state index is 12.7. The molecule has 0 spiro atoms. The Bertz CT molecular complexity index is 1690. The van der Waals surface area contributed by atoms with E-state index >= 15 is 0 Å². The summed E-state index contributed by atoms with van der Waals surface area (Å²) < 4.78 is 51.0. The Balaban J connectivity index is 0.000000239. The summed E-state index contributed by atoms with van der Waals surface area (Å²) >= 11 is 0. The number of unbranched alkanes of at least 4 members (excludes halogenated alkanes) is 3. The van der Waals surface area contributed by atoms with Crippen LogP contribution in [0.1, 0.15) is 25.7 Å². The van der Waals surface area contributed by atoms with E-state index in [4.69, 9.17) is 10.9 Å². The van der Waals surface area contributed by atoms with Gasteiger partial charge in [0.1, 0.15) is 0 Å². The highest BCUT2D eigenvalue weighted by Gasteiger charge is 2.18. The van der Waals surface area contributed by atoms with Crippen LogP contribution in [0.3, 0.4) is 0 Å². The van der Waals surface area contributed by atoms with Crippen molar-refractivity contribution in [3.8, 4) is 0 Å². The number of hydrogen-bond donors (Lipinski definition) is 3. The van der Waals surface area contributed by atoms with Gasteiger partial charge in [-0.1, -0.05) is 61.4 Å². The lowest BCUT2D eigenvalue weighted by Gasteiger charge is -2.17. The van der Waals surface area contributed by atoms with Gasteiger partial charge in [0.25, 0.3) is 0 Å². The normalized spacial score (nSPS) is 11.8. The number of fused-ring (bicyclic) bond motifs is 2. The zero-order valence-corrected chi connectivity index (χ0v) is 25.8. The second kappa shape index (κ2) is 14.1. The van der Waals surface area contributed by atoms with Gasteiger partial charge in [-0.2, -0.15) is 0 Å². The average Bonchev–Trinajstić information content (AvgIpc) is 2.93. The molecule has 41 heavy (non-hydrogen) atoms. The zero-order chi connectivity index (χ0) is 30.2. The van der Waals surface area contributed by atoms with E-state index in [9.17, 15) is 16.8 Å². The first-order valence-corrected chi connectivity index (χ1v) is 16.5. The highest BCUT2D eigenvalue weighted by molar-refractivity contribution is 7.89. The minimum atomic E-state index is -3.69. The van der Waals surface area contributed by atoms with Crippen molar-refractivity contribution >= 4 is 53.0 Å². The molecular formula is C30H41N5O4S2. The van der Waals surface area contributed by atoms with Crippen LogP contribution in [0.2, 0.25) is 0 Å². The third kappa shape index (κ3) is 8.17. The molecule has 0 aliphatic rings. The smallest absolute Gasteiger partial charge is 0.241 e. The van der Waals surface area contributed by atoms with E-state index in [1.165, 1.54) is 6.07 Å². The molecule has 0 aliphatic heterocycles. The molecule has 4 aromatic rings. The standard InChI is InChI=1S/C18H27N3O2S.C12H14N2O2S/c1-21(2)17-11-7-10-16-15(17)9-8-12-18(16)24(22,23)20-14-6-4-3-5-13-19;1-14(2)11-7-3-6-10-9(11)5-4-8-12(10)17(13,15)16/h7-12,20H,3-6,13-14,19H2,1-2H3;3-8H,1-2H3,(H2,13,15,16). The molecule has 0 fully saturated rings. The Morgan fingerprint density at radius 3 is 1.54 bits per heavy atom. The van der Waals surface area contributed by atoms with Gasteiger partial charge in [0, 0.05) is 67.7 Å². The first-order chi connectivity index (χ1) is 19.4. The van der Waals surface area contributed by atoms with Crippen LogP contribution in [0.15, 0.2) is 82.6 Å². The summed E-state index contributed by atoms with van der Waals surface area (Å²) in [6.45, 7) is 1.15. The molecule has 0 saturated carbocycles. The van der Waals surface area contributed by atoms with Crippen molar-refractivity contribution in [2.45, 2.75) is 35.5 Å². The minimum absolute atomic E-state index is 0.165. The lowest BCUT2D eigenvalue weighted by molar-refractivity contribution is 0.573. The van der Waals surface area contributed by atoms with Crippen LogP contribution in [0, 0.1) is 0 Å². The van der Waals surface area contributed by atoms with Crippen LogP contribution >= 0.6 is 0 Å². The number of nitrogens with one attached hydrogen (secondary N) is 1. The van der Waals surface area contributed by atoms with E-state index in [2.05, 4.69) is 4.72 Å². The van der Waals surface area contributed by atoms with Crippen molar-refractivity contribution in [1.82, 2.24) is 4.72 Å². The Kier molecular flexibility index (Phi) is 11.1. The summed E-state index contributed by atoms with van der Waals surface area (Å²) in [5.41, 5.74) is 7.43. The van der Waals surface area contributed by atoms with Crippen LogP contribution in [-0.2, 0) is 20.0 Å². The summed E-state index contributed by atoms with van der Waals surface area (Å²) in [7, 11) is 0.532. The van der Waals surface area contributed by atoms with Gasteiger partial charge < -0.3 is 15.5 Å². The molecule has 222 valence electrons. The van der Waals surface area contributed by atoms with Crippen LogP contribution < -0.4 is 25.4 Å². The van der Waals surface area contributed by atoms with Crippen molar-refractivity contribution < 1.29 is 16.8 Å². The van der Waals surface area contributed by atoms with Crippen LogP contribution in [0.4, 0.5) is 11.4 Å². The fourth-order valence-electron chi connectivity index (χ4n) is 4.70. The Labute approximate surface area is 244 Å². The molecule has 0 aromatic heterocycles. The molecule has 0 saturated heterocycles. The van der Waals surface area contributed by atoms with Crippen LogP contribution in [0.25, 0.3) is 21.5 Å². The van der Waals surface area contributed by atoms with Crippen molar-refractivity contribution in [3.05, 3.63) is 72.8 Å². The van der Waals surface area contributed by atoms with Crippen LogP contribution in [-0.4, -0.2) is 58.1 Å². The molecule has 5 N–H and O–H groups in total. The predicted molar refractivity (Wildman–Crippen MR) is 171 cm³/mol. The highest BCUT2D eigenvalue weighted by atomic mass is 32.2. The number of nitrogens with two attached hydrogens (primary N) is 2. The molecule has 0 amide bonds. The number of benzene rings is 4. The third-order valence-corrected chi connectivity index (χ3v) is 9.19. The van der Waals surface area contributed by atoms with E-state index in [1.54, 1.807) is 24.3 Å². The molecule has 0 heterocycles. The first-order valence-electron chi connectivity index (χ1n) is 13.5. The molecule has 4 aromatic carbocycles. The van der Waals surface area contributed by atoms with Gasteiger partial charge in [0.2, 0.25) is 20.0 Å². The van der Waals surface area contributed by atoms with Crippen molar-refractivity contribution in [1.29, 1.82) is 0 Å². The molecule has 0 bridgehead atoms. The summed E-state index contributed by atoms with van der Waals surface area (Å²) in [5, 5.41) is 8.43. The fourth-order valence-corrected chi connectivity index (χ4v) is 6.75. The van der Waals surface area contributed by atoms with Gasteiger partial charge in [-0.05, 0) is 43.7 Å². The van der Waals surface area contributed by atoms with Crippen molar-refractivity contribution in [2.75, 3.05) is 51.1 Å². The summed E-state index contributed by atoms with van der Waals surface area (Å²) in [5.74, 6) is 0. The topological polar surface area (TPSA) is 139 Å². The second-order valence-electron chi connectivity index (χ2n) is 10.2. The van der Waals surface area contributed by atoms with Gasteiger partial charge >= 0.3 is 0 Å².